The molecule has 0 aliphatic heterocycles. The van der Waals surface area contributed by atoms with Crippen LogP contribution in [0.2, 0.25) is 0 Å². The molecule has 2 aromatic carbocycles. The molecule has 0 atom stereocenters. The number of benzene rings is 2. The van der Waals surface area contributed by atoms with Gasteiger partial charge in [-0.1, -0.05) is 36.4 Å². The van der Waals surface area contributed by atoms with Crippen LogP contribution in [0.5, 0.6) is 0 Å². The second kappa shape index (κ2) is 11.6. The van der Waals surface area contributed by atoms with Crippen LogP contribution in [0.15, 0.2) is 72.0 Å². The minimum absolute atomic E-state index is 0.0912. The van der Waals surface area contributed by atoms with Gasteiger partial charge in [0, 0.05) is 18.3 Å². The van der Waals surface area contributed by atoms with E-state index >= 15 is 0 Å². The molecule has 9 nitrogen and oxygen atoms in total. The summed E-state index contributed by atoms with van der Waals surface area (Å²) in [6, 6.07) is 11.5. The number of halogens is 2. The van der Waals surface area contributed by atoms with Crippen molar-refractivity contribution in [3.63, 3.8) is 0 Å². The van der Waals surface area contributed by atoms with Crippen molar-refractivity contribution in [2.24, 2.45) is 0 Å². The summed E-state index contributed by atoms with van der Waals surface area (Å²) in [5, 5.41) is 10.7. The third kappa shape index (κ3) is 6.54. The Hall–Kier alpha value is -3.90. The molecule has 0 saturated carbocycles. The Labute approximate surface area is 188 Å². The minimum Gasteiger partial charge on any atom is -0.478 e. The molecular weight excluding hydrogens is 460 g/mol. The summed E-state index contributed by atoms with van der Waals surface area (Å²) in [7, 11) is -2.81. The van der Waals surface area contributed by atoms with Crippen molar-refractivity contribution in [2.75, 3.05) is 7.05 Å². The summed E-state index contributed by atoms with van der Waals surface area (Å²) >= 11 is 0. The molecule has 1 aromatic heterocycles. The number of carbonyl (C=O) groups excluding carboxylic acids is 1. The van der Waals surface area contributed by atoms with Gasteiger partial charge in [0.25, 0.3) is 16.5 Å². The minimum atomic E-state index is -4.50. The molecule has 0 spiro atoms. The Morgan fingerprint density at radius 3 is 2.33 bits per heavy atom. The van der Waals surface area contributed by atoms with E-state index in [1.165, 1.54) is 6.20 Å². The third-order valence-corrected chi connectivity index (χ3v) is 5.60. The van der Waals surface area contributed by atoms with E-state index in [2.05, 4.69) is 15.0 Å². The van der Waals surface area contributed by atoms with Gasteiger partial charge in [0.1, 0.15) is 17.9 Å². The molecule has 0 unspecified atom stereocenters. The van der Waals surface area contributed by atoms with Crippen LogP contribution >= 0.6 is 0 Å². The predicted molar refractivity (Wildman–Crippen MR) is 113 cm³/mol. The first kappa shape index (κ1) is 25.4. The summed E-state index contributed by atoms with van der Waals surface area (Å²) < 4.78 is 58.6. The van der Waals surface area contributed by atoms with Crippen LogP contribution in [-0.4, -0.2) is 42.0 Å². The van der Waals surface area contributed by atoms with Crippen molar-refractivity contribution in [1.29, 1.82) is 0 Å². The summed E-state index contributed by atoms with van der Waals surface area (Å²) in [4.78, 5) is 22.2. The summed E-state index contributed by atoms with van der Waals surface area (Å²) in [5.41, 5.74) is 0.951. The lowest BCUT2D eigenvalue weighted by Gasteiger charge is -2.10. The fourth-order valence-electron chi connectivity index (χ4n) is 2.60. The van der Waals surface area contributed by atoms with E-state index < -0.39 is 32.5 Å². The maximum Gasteiger partial charge on any atom is 0.331 e. The molecule has 3 rings (SSSR count). The molecule has 1 heterocycles. The largest absolute Gasteiger partial charge is 0.478 e. The summed E-state index contributed by atoms with van der Waals surface area (Å²) in [5.74, 6) is -3.36. The van der Waals surface area contributed by atoms with Crippen molar-refractivity contribution in [2.45, 2.75) is 11.4 Å². The topological polar surface area (TPSA) is 128 Å². The number of ether oxygens (including phenoxy) is 1. The fraction of sp³-hybridized carbons (Fsp3) is 0.0952. The van der Waals surface area contributed by atoms with Crippen molar-refractivity contribution < 1.29 is 36.6 Å². The second-order valence-corrected chi connectivity index (χ2v) is 7.93. The van der Waals surface area contributed by atoms with E-state index in [0.29, 0.717) is 23.9 Å². The molecule has 0 fully saturated rings. The molecule has 3 aromatic rings. The molecule has 174 valence electrons. The molecule has 33 heavy (non-hydrogen) atoms. The van der Waals surface area contributed by atoms with Crippen LogP contribution in [-0.2, 0) is 30.9 Å². The van der Waals surface area contributed by atoms with E-state index in [0.717, 1.165) is 28.4 Å². The van der Waals surface area contributed by atoms with Gasteiger partial charge in [-0.05, 0) is 19.2 Å². The first-order chi connectivity index (χ1) is 15.7. The van der Waals surface area contributed by atoms with Gasteiger partial charge in [-0.25, -0.2) is 30.9 Å². The van der Waals surface area contributed by atoms with Crippen molar-refractivity contribution >= 4 is 22.5 Å². The van der Waals surface area contributed by atoms with Gasteiger partial charge in [-0.15, -0.1) is 0 Å². The highest BCUT2D eigenvalue weighted by molar-refractivity contribution is 7.90. The van der Waals surface area contributed by atoms with Crippen molar-refractivity contribution in [1.82, 2.24) is 14.3 Å². The average Bonchev–Trinajstić information content (AvgIpc) is 3.20. The first-order valence-corrected chi connectivity index (χ1v) is 10.6. The number of carboxylic acids is 1. The fourth-order valence-corrected chi connectivity index (χ4v) is 4.06. The highest BCUT2D eigenvalue weighted by Gasteiger charge is 2.29. The quantitative estimate of drug-likeness (QED) is 0.287. The molecule has 0 saturated heterocycles. The second-order valence-electron chi connectivity index (χ2n) is 6.18. The zero-order valence-electron chi connectivity index (χ0n) is 17.2. The molecule has 0 aliphatic rings. The maximum atomic E-state index is 14.1. The van der Waals surface area contributed by atoms with Crippen LogP contribution in [0, 0.1) is 11.6 Å². The number of carboxylic acid groups (broad SMARTS) is 1. The first-order valence-electron chi connectivity index (χ1n) is 9.18. The number of carbonyl (C=O) groups is 2. The average molecular weight is 479 g/mol. The van der Waals surface area contributed by atoms with E-state index in [9.17, 15) is 26.8 Å². The SMILES string of the molecule is CNCc1cn(S(=O)(=O)c2c(F)cccc2F)c(-c2ccccc2)n1.O=CO/C=C/C(=O)O. The third-order valence-electron chi connectivity index (χ3n) is 3.90. The highest BCUT2D eigenvalue weighted by Crippen LogP contribution is 2.27. The molecular formula is C21H19F2N3O6S. The van der Waals surface area contributed by atoms with Gasteiger partial charge in [-0.2, -0.15) is 0 Å². The van der Waals surface area contributed by atoms with E-state index in [-0.39, 0.29) is 12.3 Å². The lowest BCUT2D eigenvalue weighted by atomic mass is 10.2. The zero-order valence-corrected chi connectivity index (χ0v) is 18.0. The Morgan fingerprint density at radius 1 is 1.15 bits per heavy atom. The van der Waals surface area contributed by atoms with Gasteiger partial charge >= 0.3 is 5.97 Å². The van der Waals surface area contributed by atoms with Crippen molar-refractivity contribution in [3.8, 4) is 11.4 Å². The summed E-state index contributed by atoms with van der Waals surface area (Å²) in [6.45, 7) is 0.446. The number of hydrogen-bond acceptors (Lipinski definition) is 7. The molecule has 0 amide bonds. The van der Waals surface area contributed by atoms with Crippen LogP contribution in [0.1, 0.15) is 5.69 Å². The molecule has 0 radical (unpaired) electrons. The van der Waals surface area contributed by atoms with E-state index in [1.54, 1.807) is 37.4 Å². The highest BCUT2D eigenvalue weighted by atomic mass is 32.2. The van der Waals surface area contributed by atoms with Gasteiger partial charge in [-0.3, -0.25) is 4.79 Å². The van der Waals surface area contributed by atoms with Crippen LogP contribution < -0.4 is 5.32 Å². The number of aliphatic carboxylic acids is 1. The van der Waals surface area contributed by atoms with Crippen molar-refractivity contribution in [3.05, 3.63) is 84.4 Å². The Balaban J connectivity index is 0.000000414. The van der Waals surface area contributed by atoms with Gasteiger partial charge in [0.05, 0.1) is 11.8 Å². The van der Waals surface area contributed by atoms with Gasteiger partial charge in [0.15, 0.2) is 10.7 Å². The molecule has 0 aliphatic carbocycles. The van der Waals surface area contributed by atoms with E-state index in [1.807, 2.05) is 0 Å². The van der Waals surface area contributed by atoms with Gasteiger partial charge < -0.3 is 15.2 Å². The molecule has 0 bridgehead atoms. The number of hydrogen-bond donors (Lipinski definition) is 2. The number of imidazole rings is 1. The van der Waals surface area contributed by atoms with Crippen LogP contribution in [0.25, 0.3) is 11.4 Å². The number of nitrogens with zero attached hydrogens (tertiary/aromatic N) is 2. The Morgan fingerprint density at radius 2 is 1.79 bits per heavy atom. The number of rotatable bonds is 8. The van der Waals surface area contributed by atoms with Crippen LogP contribution in [0.4, 0.5) is 8.78 Å². The normalized spacial score (nSPS) is 11.0. The van der Waals surface area contributed by atoms with Gasteiger partial charge in [0.2, 0.25) is 0 Å². The zero-order chi connectivity index (χ0) is 24.4. The number of nitrogens with one attached hydrogen (secondary N) is 1. The Bertz CT molecular complexity index is 1220. The maximum absolute atomic E-state index is 14.1. The van der Waals surface area contributed by atoms with E-state index in [4.69, 9.17) is 5.11 Å². The predicted octanol–water partition coefficient (Wildman–Crippen LogP) is 2.54. The standard InChI is InChI=1S/C17H15F2N3O2S.C4H4O4/c1-20-10-13-11-22(17(21-13)12-6-3-2-4-7-12)25(23,24)16-14(18)8-5-9-15(16)19;5-3-8-2-1-4(6)7/h2-9,11,20H,10H2,1H3;1-3H,(H,6,7)/b;2-1+. The molecule has 2 N–H and O–H groups in total. The lowest BCUT2D eigenvalue weighted by Crippen LogP contribution is -2.17. The number of aromatic nitrogens is 2. The monoisotopic (exact) mass is 479 g/mol. The summed E-state index contributed by atoms with van der Waals surface area (Å²) in [6.07, 6.45) is 2.77. The van der Waals surface area contributed by atoms with Crippen LogP contribution in [0.3, 0.4) is 0 Å². The smallest absolute Gasteiger partial charge is 0.331 e. The molecule has 12 heteroatoms. The Kier molecular flexibility index (Phi) is 8.95. The lowest BCUT2D eigenvalue weighted by molar-refractivity contribution is -0.131.